The second-order valence-electron chi connectivity index (χ2n) is 5.26. The first-order chi connectivity index (χ1) is 10.3. The summed E-state index contributed by atoms with van der Waals surface area (Å²) in [6.07, 6.45) is 4.89. The van der Waals surface area contributed by atoms with E-state index in [4.69, 9.17) is 11.6 Å². The molecule has 2 atom stereocenters. The number of aromatic nitrogens is 3. The number of carbonyl (C=O) groups is 1. The van der Waals surface area contributed by atoms with Crippen molar-refractivity contribution in [2.24, 2.45) is 5.92 Å². The van der Waals surface area contributed by atoms with Crippen LogP contribution in [0.25, 0.3) is 0 Å². The number of hydrogen-bond donors (Lipinski definition) is 1. The highest BCUT2D eigenvalue weighted by molar-refractivity contribution is 6.31. The lowest BCUT2D eigenvalue weighted by Crippen LogP contribution is -2.38. The second-order valence-corrected chi connectivity index (χ2v) is 5.67. The summed E-state index contributed by atoms with van der Waals surface area (Å²) >= 11 is 6.36. The molecule has 2 unspecified atom stereocenters. The molecule has 1 aromatic carbocycles. The number of allylic oxidation sites excluding steroid dienone is 2. The van der Waals surface area contributed by atoms with Crippen molar-refractivity contribution in [1.29, 1.82) is 0 Å². The summed E-state index contributed by atoms with van der Waals surface area (Å²) in [6.45, 7) is 0. The average Bonchev–Trinajstić information content (AvgIpc) is 2.94. The Bertz CT molecular complexity index is 752. The zero-order valence-electron chi connectivity index (χ0n) is 11.2. The third kappa shape index (κ3) is 1.88. The zero-order chi connectivity index (χ0) is 14.4. The van der Waals surface area contributed by atoms with Crippen LogP contribution in [0.4, 0.5) is 5.95 Å². The van der Waals surface area contributed by atoms with Crippen molar-refractivity contribution in [3.05, 3.63) is 53.0 Å². The zero-order valence-corrected chi connectivity index (χ0v) is 11.9. The molecule has 106 valence electrons. The number of anilines is 1. The van der Waals surface area contributed by atoms with E-state index in [9.17, 15) is 4.79 Å². The summed E-state index contributed by atoms with van der Waals surface area (Å²) in [5.74, 6) is 0.594. The van der Waals surface area contributed by atoms with E-state index in [-0.39, 0.29) is 17.7 Å². The molecule has 1 N–H and O–H groups in total. The molecule has 2 aliphatic rings. The fourth-order valence-corrected chi connectivity index (χ4v) is 3.39. The van der Waals surface area contributed by atoms with Crippen LogP contribution < -0.4 is 5.32 Å². The average molecular weight is 301 g/mol. The van der Waals surface area contributed by atoms with E-state index in [1.165, 1.54) is 6.33 Å². The number of nitrogens with one attached hydrogen (secondary N) is 1. The Morgan fingerprint density at radius 3 is 3.05 bits per heavy atom. The summed E-state index contributed by atoms with van der Waals surface area (Å²) in [5.41, 5.74) is 1.82. The number of rotatable bonds is 1. The number of nitrogens with zero attached hydrogens (tertiary/aromatic N) is 3. The second kappa shape index (κ2) is 4.70. The van der Waals surface area contributed by atoms with Crippen molar-refractivity contribution in [2.75, 3.05) is 5.32 Å². The topological polar surface area (TPSA) is 59.8 Å². The quantitative estimate of drug-likeness (QED) is 0.880. The van der Waals surface area contributed by atoms with E-state index in [2.05, 4.69) is 21.5 Å². The highest BCUT2D eigenvalue weighted by Gasteiger charge is 2.41. The van der Waals surface area contributed by atoms with Crippen molar-refractivity contribution in [2.45, 2.75) is 18.9 Å². The van der Waals surface area contributed by atoms with Gasteiger partial charge in [-0.25, -0.2) is 4.68 Å². The van der Waals surface area contributed by atoms with Crippen LogP contribution in [0.15, 0.2) is 42.4 Å². The molecular formula is C15H13ClN4O. The van der Waals surface area contributed by atoms with E-state index < -0.39 is 0 Å². The van der Waals surface area contributed by atoms with Gasteiger partial charge in [0, 0.05) is 17.1 Å². The third-order valence-corrected chi connectivity index (χ3v) is 4.41. The Morgan fingerprint density at radius 2 is 2.19 bits per heavy atom. The first kappa shape index (κ1) is 12.6. The molecule has 1 aliphatic carbocycles. The normalized spacial score (nSPS) is 23.9. The van der Waals surface area contributed by atoms with Crippen LogP contribution in [-0.2, 0) is 4.79 Å². The van der Waals surface area contributed by atoms with Crippen molar-refractivity contribution in [3.63, 3.8) is 0 Å². The van der Waals surface area contributed by atoms with Gasteiger partial charge in [-0.15, -0.1) is 0 Å². The van der Waals surface area contributed by atoms with Gasteiger partial charge in [0.15, 0.2) is 0 Å². The number of halogens is 1. The summed E-state index contributed by atoms with van der Waals surface area (Å²) in [7, 11) is 0. The minimum absolute atomic E-state index is 0.214. The van der Waals surface area contributed by atoms with Crippen LogP contribution >= 0.6 is 11.6 Å². The molecule has 1 aromatic heterocycles. The highest BCUT2D eigenvalue weighted by Crippen LogP contribution is 2.42. The maximum Gasteiger partial charge on any atom is 0.226 e. The van der Waals surface area contributed by atoms with Gasteiger partial charge in [0.2, 0.25) is 5.95 Å². The first-order valence-corrected chi connectivity index (χ1v) is 7.27. The smallest absolute Gasteiger partial charge is 0.226 e. The molecule has 21 heavy (non-hydrogen) atoms. The maximum atomic E-state index is 12.5. The van der Waals surface area contributed by atoms with Gasteiger partial charge in [-0.05, 0) is 18.1 Å². The molecule has 0 amide bonds. The minimum Gasteiger partial charge on any atom is -0.328 e. The predicted octanol–water partition coefficient (Wildman–Crippen LogP) is 2.81. The molecule has 0 radical (unpaired) electrons. The molecule has 4 rings (SSSR count). The lowest BCUT2D eigenvalue weighted by Gasteiger charge is -2.36. The van der Waals surface area contributed by atoms with Crippen molar-refractivity contribution in [3.8, 4) is 0 Å². The summed E-state index contributed by atoms with van der Waals surface area (Å²) in [6, 6.07) is 7.36. The minimum atomic E-state index is -0.271. The van der Waals surface area contributed by atoms with Crippen molar-refractivity contribution < 1.29 is 4.79 Å². The lowest BCUT2D eigenvalue weighted by atomic mass is 9.81. The molecule has 6 heteroatoms. The molecule has 0 bridgehead atoms. The van der Waals surface area contributed by atoms with Crippen LogP contribution in [0.5, 0.6) is 0 Å². The van der Waals surface area contributed by atoms with E-state index in [0.29, 0.717) is 17.4 Å². The molecule has 1 aliphatic heterocycles. The Morgan fingerprint density at radius 1 is 1.33 bits per heavy atom. The number of fused-ring (bicyclic) bond motifs is 2. The molecule has 2 aromatic rings. The number of benzene rings is 1. The van der Waals surface area contributed by atoms with Crippen LogP contribution in [0, 0.1) is 5.92 Å². The number of Topliss-reactive ketones (excluding diaryl/α,β-unsaturated/α-hetero) is 1. The summed E-state index contributed by atoms with van der Waals surface area (Å²) < 4.78 is 1.76. The third-order valence-electron chi connectivity index (χ3n) is 4.07. The predicted molar refractivity (Wildman–Crippen MR) is 79.0 cm³/mol. The molecular weight excluding hydrogens is 288 g/mol. The molecule has 0 fully saturated rings. The van der Waals surface area contributed by atoms with E-state index >= 15 is 0 Å². The van der Waals surface area contributed by atoms with Gasteiger partial charge < -0.3 is 5.32 Å². The van der Waals surface area contributed by atoms with E-state index in [1.807, 2.05) is 24.3 Å². The Labute approximate surface area is 126 Å². The highest BCUT2D eigenvalue weighted by atomic mass is 35.5. The number of carbonyl (C=O) groups excluding carboxylic acids is 1. The van der Waals surface area contributed by atoms with Crippen LogP contribution in [0.3, 0.4) is 0 Å². The summed E-state index contributed by atoms with van der Waals surface area (Å²) in [4.78, 5) is 16.7. The van der Waals surface area contributed by atoms with Gasteiger partial charge in [0.05, 0.1) is 12.0 Å². The molecule has 0 saturated carbocycles. The van der Waals surface area contributed by atoms with Gasteiger partial charge in [0.25, 0.3) is 0 Å². The molecule has 2 heterocycles. The molecule has 0 spiro atoms. The largest absolute Gasteiger partial charge is 0.328 e. The number of ketones is 1. The van der Waals surface area contributed by atoms with Crippen LogP contribution in [0.2, 0.25) is 5.02 Å². The van der Waals surface area contributed by atoms with Crippen molar-refractivity contribution in [1.82, 2.24) is 14.8 Å². The van der Waals surface area contributed by atoms with E-state index in [0.717, 1.165) is 17.7 Å². The molecule has 5 nitrogen and oxygen atoms in total. The van der Waals surface area contributed by atoms with Gasteiger partial charge in [-0.3, -0.25) is 4.79 Å². The Hall–Kier alpha value is -2.14. The Balaban J connectivity index is 1.94. The van der Waals surface area contributed by atoms with Gasteiger partial charge in [-0.2, -0.15) is 10.1 Å². The number of hydrogen-bond acceptors (Lipinski definition) is 4. The monoisotopic (exact) mass is 300 g/mol. The SMILES string of the molecule is O=C1CCC=C2Nc3ncnn3C(c3ccccc3Cl)C12. The summed E-state index contributed by atoms with van der Waals surface area (Å²) in [5, 5.41) is 8.14. The molecule has 0 saturated heterocycles. The first-order valence-electron chi connectivity index (χ1n) is 6.89. The van der Waals surface area contributed by atoms with E-state index in [1.54, 1.807) is 4.68 Å². The van der Waals surface area contributed by atoms with Gasteiger partial charge in [0.1, 0.15) is 12.1 Å². The lowest BCUT2D eigenvalue weighted by molar-refractivity contribution is -0.123. The fraction of sp³-hybridized carbons (Fsp3) is 0.267. The van der Waals surface area contributed by atoms with Gasteiger partial charge >= 0.3 is 0 Å². The van der Waals surface area contributed by atoms with Crippen LogP contribution in [0.1, 0.15) is 24.4 Å². The fourth-order valence-electron chi connectivity index (χ4n) is 3.14. The maximum absolute atomic E-state index is 12.5. The van der Waals surface area contributed by atoms with Crippen molar-refractivity contribution >= 4 is 23.3 Å². The van der Waals surface area contributed by atoms with Crippen LogP contribution in [-0.4, -0.2) is 20.5 Å². The Kier molecular flexibility index (Phi) is 2.82. The standard InChI is InChI=1S/C15H13ClN4O/c16-10-5-2-1-4-9(10)14-13-11(6-3-7-12(13)21)19-15-17-8-18-20(14)15/h1-2,4-6,8,13-14H,3,7H2,(H,17,18,19). The van der Waals surface area contributed by atoms with Gasteiger partial charge in [-0.1, -0.05) is 35.9 Å².